The second-order valence-corrected chi connectivity index (χ2v) is 9.26. The van der Waals surface area contributed by atoms with Crippen molar-refractivity contribution in [1.82, 2.24) is 15.3 Å². The van der Waals surface area contributed by atoms with Crippen LogP contribution < -0.4 is 19.9 Å². The first-order valence-corrected chi connectivity index (χ1v) is 11.9. The molecule has 1 N–H and O–H groups in total. The van der Waals surface area contributed by atoms with Crippen LogP contribution in [0.15, 0.2) is 42.5 Å². The highest BCUT2D eigenvalue weighted by atomic mass is 16.6. The van der Waals surface area contributed by atoms with Gasteiger partial charge in [0.25, 0.3) is 5.91 Å². The van der Waals surface area contributed by atoms with Crippen LogP contribution >= 0.6 is 0 Å². The minimum Gasteiger partial charge on any atom is -0.490 e. The highest BCUT2D eigenvalue weighted by Crippen LogP contribution is 2.31. The molecule has 1 aromatic carbocycles. The molecule has 0 aliphatic carbocycles. The van der Waals surface area contributed by atoms with Crippen molar-refractivity contribution in [2.45, 2.75) is 40.0 Å². The first-order valence-electron chi connectivity index (χ1n) is 11.9. The van der Waals surface area contributed by atoms with E-state index < -0.39 is 12.2 Å². The summed E-state index contributed by atoms with van der Waals surface area (Å²) < 4.78 is 11.4. The fraction of sp³-hybridized carbons (Fsp3) is 0.333. The van der Waals surface area contributed by atoms with Crippen LogP contribution in [0.3, 0.4) is 0 Å². The van der Waals surface area contributed by atoms with Crippen molar-refractivity contribution in [3.63, 3.8) is 0 Å². The fourth-order valence-electron chi connectivity index (χ4n) is 4.72. The highest BCUT2D eigenvalue weighted by molar-refractivity contribution is 6.10. The molecule has 1 atom stereocenters. The number of nitrogens with one attached hydrogen (secondary N) is 1. The van der Waals surface area contributed by atoms with Crippen LogP contribution in [-0.2, 0) is 17.8 Å². The normalized spacial score (nSPS) is 16.9. The minimum atomic E-state index is -0.485. The molecule has 1 fully saturated rings. The summed E-state index contributed by atoms with van der Waals surface area (Å²) in [6.07, 6.45) is -0.916. The molecule has 0 saturated carbocycles. The lowest BCUT2D eigenvalue weighted by Crippen LogP contribution is -2.29. The molecule has 0 radical (unpaired) electrons. The molecule has 4 heterocycles. The SMILES string of the molecule is CNCc1nc(C)cc2c1CN(c1cccc(N3CC(COc4cc(C)cc(C)c4)OC3=O)n1)C2=O. The first-order chi connectivity index (χ1) is 17.3. The number of hydrogen-bond acceptors (Lipinski definition) is 7. The van der Waals surface area contributed by atoms with E-state index in [0.29, 0.717) is 36.8 Å². The van der Waals surface area contributed by atoms with E-state index in [0.717, 1.165) is 33.8 Å². The van der Waals surface area contributed by atoms with Crippen molar-refractivity contribution in [3.8, 4) is 5.75 Å². The van der Waals surface area contributed by atoms with Crippen LogP contribution in [0.1, 0.15) is 38.4 Å². The number of cyclic esters (lactones) is 1. The van der Waals surface area contributed by atoms with Crippen LogP contribution in [0.2, 0.25) is 0 Å². The topological polar surface area (TPSA) is 96.9 Å². The molecule has 9 nitrogen and oxygen atoms in total. The van der Waals surface area contributed by atoms with Gasteiger partial charge in [0.1, 0.15) is 24.0 Å². The molecule has 9 heteroatoms. The number of benzene rings is 1. The number of carbonyl (C=O) groups is 2. The van der Waals surface area contributed by atoms with Gasteiger partial charge in [-0.25, -0.2) is 9.78 Å². The van der Waals surface area contributed by atoms with Crippen LogP contribution in [0.4, 0.5) is 16.4 Å². The molecule has 2 aromatic heterocycles. The summed E-state index contributed by atoms with van der Waals surface area (Å²) in [4.78, 5) is 38.2. The molecule has 36 heavy (non-hydrogen) atoms. The Bertz CT molecular complexity index is 1320. The maximum absolute atomic E-state index is 13.2. The van der Waals surface area contributed by atoms with Gasteiger partial charge in [0.15, 0.2) is 6.10 Å². The van der Waals surface area contributed by atoms with Crippen molar-refractivity contribution in [3.05, 3.63) is 76.1 Å². The number of pyridine rings is 2. The predicted octanol–water partition coefficient (Wildman–Crippen LogP) is 3.69. The van der Waals surface area contributed by atoms with E-state index in [9.17, 15) is 9.59 Å². The van der Waals surface area contributed by atoms with Gasteiger partial charge in [0.05, 0.1) is 18.8 Å². The maximum atomic E-state index is 13.2. The molecule has 0 spiro atoms. The van der Waals surface area contributed by atoms with Crippen LogP contribution in [0.25, 0.3) is 0 Å². The Hall–Kier alpha value is -3.98. The second kappa shape index (κ2) is 9.58. The Morgan fingerprint density at radius 2 is 1.75 bits per heavy atom. The Labute approximate surface area is 210 Å². The summed E-state index contributed by atoms with van der Waals surface area (Å²) >= 11 is 0. The molecular weight excluding hydrogens is 458 g/mol. The lowest BCUT2D eigenvalue weighted by molar-refractivity contribution is 0.0995. The van der Waals surface area contributed by atoms with Crippen LogP contribution in [0.5, 0.6) is 5.75 Å². The summed E-state index contributed by atoms with van der Waals surface area (Å²) in [5.74, 6) is 1.53. The summed E-state index contributed by atoms with van der Waals surface area (Å²) in [6, 6.07) is 13.1. The predicted molar refractivity (Wildman–Crippen MR) is 136 cm³/mol. The lowest BCUT2D eigenvalue weighted by Gasteiger charge is -2.18. The molecule has 5 rings (SSSR count). The molecule has 2 amide bonds. The Morgan fingerprint density at radius 3 is 2.47 bits per heavy atom. The zero-order valence-electron chi connectivity index (χ0n) is 20.9. The number of aromatic nitrogens is 2. The summed E-state index contributed by atoms with van der Waals surface area (Å²) in [7, 11) is 1.85. The third-order valence-corrected chi connectivity index (χ3v) is 6.25. The fourth-order valence-corrected chi connectivity index (χ4v) is 4.72. The van der Waals surface area contributed by atoms with E-state index in [1.54, 1.807) is 23.1 Å². The standard InChI is InChI=1S/C27H29N5O4/c1-16-8-17(2)10-19(9-16)35-15-20-13-32(27(34)36-20)25-7-5-6-24(30-25)31-14-22-21(26(31)33)11-18(3)29-23(22)12-28-4/h5-11,20,28H,12-15H2,1-4H3. The van der Waals surface area contributed by atoms with E-state index in [1.807, 2.05) is 46.0 Å². The van der Waals surface area contributed by atoms with Crippen molar-refractivity contribution in [2.75, 3.05) is 30.0 Å². The van der Waals surface area contributed by atoms with Gasteiger partial charge in [-0.3, -0.25) is 19.6 Å². The van der Waals surface area contributed by atoms with E-state index in [1.165, 1.54) is 4.90 Å². The third-order valence-electron chi connectivity index (χ3n) is 6.25. The number of ether oxygens (including phenoxy) is 2. The van der Waals surface area contributed by atoms with Crippen molar-refractivity contribution in [2.24, 2.45) is 0 Å². The van der Waals surface area contributed by atoms with Gasteiger partial charge in [-0.1, -0.05) is 12.1 Å². The van der Waals surface area contributed by atoms with E-state index in [4.69, 9.17) is 9.47 Å². The average Bonchev–Trinajstić information content (AvgIpc) is 3.37. The summed E-state index contributed by atoms with van der Waals surface area (Å²) in [5.41, 5.74) is 5.41. The van der Waals surface area contributed by atoms with Gasteiger partial charge in [-0.15, -0.1) is 0 Å². The third kappa shape index (κ3) is 4.61. The molecule has 186 valence electrons. The van der Waals surface area contributed by atoms with Gasteiger partial charge in [0, 0.05) is 23.4 Å². The van der Waals surface area contributed by atoms with Gasteiger partial charge in [-0.2, -0.15) is 0 Å². The largest absolute Gasteiger partial charge is 0.490 e. The number of carbonyl (C=O) groups excluding carboxylic acids is 2. The van der Waals surface area contributed by atoms with Crippen molar-refractivity contribution in [1.29, 1.82) is 0 Å². The van der Waals surface area contributed by atoms with E-state index >= 15 is 0 Å². The number of rotatable bonds is 7. The number of fused-ring (bicyclic) bond motifs is 1. The summed E-state index contributed by atoms with van der Waals surface area (Å²) in [6.45, 7) is 7.41. The maximum Gasteiger partial charge on any atom is 0.416 e. The molecule has 3 aromatic rings. The van der Waals surface area contributed by atoms with Crippen molar-refractivity contribution < 1.29 is 19.1 Å². The Morgan fingerprint density at radius 1 is 1.03 bits per heavy atom. The van der Waals surface area contributed by atoms with E-state index in [-0.39, 0.29) is 12.5 Å². The van der Waals surface area contributed by atoms with Crippen molar-refractivity contribution >= 4 is 23.6 Å². The molecule has 0 bridgehead atoms. The Kier molecular flexibility index (Phi) is 6.32. The van der Waals surface area contributed by atoms with Gasteiger partial charge >= 0.3 is 6.09 Å². The van der Waals surface area contributed by atoms with E-state index in [2.05, 4.69) is 21.4 Å². The molecule has 2 aliphatic rings. The summed E-state index contributed by atoms with van der Waals surface area (Å²) in [5, 5.41) is 3.12. The van der Waals surface area contributed by atoms with Gasteiger partial charge in [-0.05, 0) is 69.3 Å². The van der Waals surface area contributed by atoms with Gasteiger partial charge in [0.2, 0.25) is 0 Å². The molecule has 2 aliphatic heterocycles. The molecular formula is C27H29N5O4. The number of anilines is 2. The average molecular weight is 488 g/mol. The zero-order valence-corrected chi connectivity index (χ0v) is 20.9. The van der Waals surface area contributed by atoms with Gasteiger partial charge < -0.3 is 14.8 Å². The molecule has 1 unspecified atom stereocenters. The number of amides is 2. The molecule has 1 saturated heterocycles. The van der Waals surface area contributed by atoms with Crippen LogP contribution in [0, 0.1) is 20.8 Å². The lowest BCUT2D eigenvalue weighted by atomic mass is 10.1. The number of nitrogens with zero attached hydrogens (tertiary/aromatic N) is 4. The number of hydrogen-bond donors (Lipinski definition) is 1. The Balaban J connectivity index is 1.31. The van der Waals surface area contributed by atoms with Crippen LogP contribution in [-0.4, -0.2) is 48.3 Å². The monoisotopic (exact) mass is 487 g/mol. The quantitative estimate of drug-likeness (QED) is 0.543. The number of aryl methyl sites for hydroxylation is 3. The smallest absolute Gasteiger partial charge is 0.416 e. The minimum absolute atomic E-state index is 0.124. The first kappa shape index (κ1) is 23.7. The zero-order chi connectivity index (χ0) is 25.4. The highest BCUT2D eigenvalue weighted by Gasteiger charge is 2.36. The second-order valence-electron chi connectivity index (χ2n) is 9.26.